The number of benzene rings is 2. The molecule has 0 amide bonds. The van der Waals surface area contributed by atoms with Crippen molar-refractivity contribution in [1.82, 2.24) is 25.2 Å². The van der Waals surface area contributed by atoms with Crippen LogP contribution in [0.25, 0.3) is 32.9 Å². The molecule has 55 heavy (non-hydrogen) atoms. The lowest BCUT2D eigenvalue weighted by molar-refractivity contribution is -0.128. The molecule has 1 unspecified atom stereocenters. The largest absolute Gasteiger partial charge is 0.468 e. The van der Waals surface area contributed by atoms with E-state index in [2.05, 4.69) is 32.0 Å². The molecule has 7 rings (SSSR count). The SMILES string of the molecule is CF.CNC1(C)CCCN(c2nc(OCC34CCCN3CCC4)nc3c(F)c(-c4cc(OCOP(O)O)cc5ccc(F)c(CCCOC=O)c45)ncc23)C1. The fourth-order valence-electron chi connectivity index (χ4n) is 8.32. The molecule has 1 atom stereocenters. The van der Waals surface area contributed by atoms with Gasteiger partial charge in [-0.15, -0.1) is 0 Å². The van der Waals surface area contributed by atoms with Crippen molar-refractivity contribution in [2.24, 2.45) is 0 Å². The Morgan fingerprint density at radius 1 is 1.04 bits per heavy atom. The van der Waals surface area contributed by atoms with E-state index in [0.717, 1.165) is 51.6 Å². The molecule has 17 heteroatoms. The molecular formula is C38H48F3N6O7P. The van der Waals surface area contributed by atoms with Crippen molar-refractivity contribution < 1.29 is 46.5 Å². The Morgan fingerprint density at radius 3 is 2.53 bits per heavy atom. The first-order valence-electron chi connectivity index (χ1n) is 18.4. The van der Waals surface area contributed by atoms with Crippen LogP contribution < -0.4 is 19.7 Å². The zero-order valence-electron chi connectivity index (χ0n) is 31.3. The molecule has 0 radical (unpaired) electrons. The molecule has 5 heterocycles. The van der Waals surface area contributed by atoms with Crippen molar-refractivity contribution in [2.45, 2.75) is 69.4 Å². The number of ether oxygens (including phenoxy) is 3. The summed E-state index contributed by atoms with van der Waals surface area (Å²) in [6, 6.07) is 6.08. The first-order valence-corrected chi connectivity index (χ1v) is 19.6. The van der Waals surface area contributed by atoms with Gasteiger partial charge >= 0.3 is 14.6 Å². The molecule has 298 valence electrons. The third-order valence-corrected chi connectivity index (χ3v) is 11.4. The maximum Gasteiger partial charge on any atom is 0.330 e. The predicted molar refractivity (Wildman–Crippen MR) is 203 cm³/mol. The second-order valence-corrected chi connectivity index (χ2v) is 15.1. The van der Waals surface area contributed by atoms with Crippen LogP contribution in [-0.2, 0) is 20.5 Å². The molecule has 13 nitrogen and oxygen atoms in total. The topological polar surface area (TPSA) is 152 Å². The van der Waals surface area contributed by atoms with Gasteiger partial charge in [-0.05, 0) is 113 Å². The number of rotatable bonds is 15. The summed E-state index contributed by atoms with van der Waals surface area (Å²) in [5.41, 5.74) is 0.168. The van der Waals surface area contributed by atoms with E-state index in [-0.39, 0.29) is 58.2 Å². The lowest BCUT2D eigenvalue weighted by Gasteiger charge is -2.41. The highest BCUT2D eigenvalue weighted by Gasteiger charge is 2.45. The maximum atomic E-state index is 17.3. The number of nitrogens with one attached hydrogen (secondary N) is 1. The van der Waals surface area contributed by atoms with E-state index in [0.29, 0.717) is 61.7 Å². The lowest BCUT2D eigenvalue weighted by atomic mass is 9.91. The van der Waals surface area contributed by atoms with Crippen LogP contribution in [-0.4, -0.2) is 108 Å². The van der Waals surface area contributed by atoms with Crippen molar-refractivity contribution in [2.75, 3.05) is 65.3 Å². The van der Waals surface area contributed by atoms with Gasteiger partial charge in [0.15, 0.2) is 12.6 Å². The Kier molecular flexibility index (Phi) is 13.3. The maximum absolute atomic E-state index is 17.3. The Balaban J connectivity index is 0.00000253. The number of aromatic nitrogens is 3. The third-order valence-electron chi connectivity index (χ3n) is 11.1. The third kappa shape index (κ3) is 8.74. The van der Waals surface area contributed by atoms with Gasteiger partial charge in [0.2, 0.25) is 0 Å². The van der Waals surface area contributed by atoms with Crippen molar-refractivity contribution in [3.63, 3.8) is 0 Å². The fourth-order valence-corrected chi connectivity index (χ4v) is 8.47. The highest BCUT2D eigenvalue weighted by atomic mass is 31.2. The van der Waals surface area contributed by atoms with E-state index >= 15 is 8.78 Å². The van der Waals surface area contributed by atoms with Gasteiger partial charge in [0, 0.05) is 30.4 Å². The second-order valence-electron chi connectivity index (χ2n) is 14.4. The van der Waals surface area contributed by atoms with Gasteiger partial charge in [-0.2, -0.15) is 9.97 Å². The molecular weight excluding hydrogens is 740 g/mol. The molecule has 3 aliphatic heterocycles. The van der Waals surface area contributed by atoms with E-state index in [1.807, 2.05) is 7.05 Å². The Labute approximate surface area is 319 Å². The number of piperidine rings is 1. The normalized spacial score (nSPS) is 19.4. The van der Waals surface area contributed by atoms with Gasteiger partial charge in [-0.1, -0.05) is 6.07 Å². The molecule has 0 aliphatic carbocycles. The van der Waals surface area contributed by atoms with Crippen LogP contribution in [0.15, 0.2) is 30.5 Å². The van der Waals surface area contributed by atoms with Gasteiger partial charge in [0.1, 0.15) is 35.2 Å². The van der Waals surface area contributed by atoms with E-state index in [1.165, 1.54) is 12.1 Å². The quantitative estimate of drug-likeness (QED) is 0.0563. The minimum absolute atomic E-state index is 0.0188. The molecule has 0 saturated carbocycles. The van der Waals surface area contributed by atoms with E-state index in [9.17, 15) is 19.0 Å². The summed E-state index contributed by atoms with van der Waals surface area (Å²) in [5.74, 6) is -0.521. The molecule has 3 fully saturated rings. The molecule has 2 aromatic heterocycles. The van der Waals surface area contributed by atoms with Crippen LogP contribution in [0.1, 0.15) is 57.4 Å². The van der Waals surface area contributed by atoms with Gasteiger partial charge < -0.3 is 34.2 Å². The number of halogens is 3. The van der Waals surface area contributed by atoms with E-state index in [4.69, 9.17) is 23.7 Å². The molecule has 3 aliphatic rings. The van der Waals surface area contributed by atoms with Gasteiger partial charge in [-0.25, -0.2) is 8.78 Å². The number of likely N-dealkylation sites (N-methyl/N-ethyl adjacent to an activating group) is 1. The number of hydrogen-bond acceptors (Lipinski definition) is 13. The average molecular weight is 789 g/mol. The van der Waals surface area contributed by atoms with Crippen molar-refractivity contribution in [3.05, 3.63) is 47.7 Å². The van der Waals surface area contributed by atoms with Crippen molar-refractivity contribution in [1.29, 1.82) is 0 Å². The smallest absolute Gasteiger partial charge is 0.330 e. The van der Waals surface area contributed by atoms with E-state index in [1.54, 1.807) is 18.3 Å². The molecule has 2 aromatic carbocycles. The fraction of sp³-hybridized carbons (Fsp3) is 0.526. The summed E-state index contributed by atoms with van der Waals surface area (Å²) in [5, 5.41) is 4.77. The Hall–Kier alpha value is -3.92. The van der Waals surface area contributed by atoms with Crippen LogP contribution in [0.3, 0.4) is 0 Å². The van der Waals surface area contributed by atoms with Crippen molar-refractivity contribution in [3.8, 4) is 23.0 Å². The van der Waals surface area contributed by atoms with Crippen LogP contribution in [0.2, 0.25) is 0 Å². The van der Waals surface area contributed by atoms with Crippen LogP contribution >= 0.6 is 8.60 Å². The number of fused-ring (bicyclic) bond motifs is 3. The highest BCUT2D eigenvalue weighted by Crippen LogP contribution is 2.42. The standard InChI is InChI=1S/C37H45F2N6O7P.CH3F/c1-36(40-2)10-4-13-44(20-36)34-28-19-41-32(31(39)33(28)42-35(43-34)50-21-37-11-5-14-45(37)15-6-12-37)27-18-25(51-23-52-53(47)48)17-24-8-9-29(38)26(30(24)27)7-3-16-49-22-46;1-2/h8-9,17-19,22,40,47-48H,3-7,10-16,20-21,23H2,1-2H3;1H3. The predicted octanol–water partition coefficient (Wildman–Crippen LogP) is 5.96. The number of pyridine rings is 1. The number of anilines is 1. The van der Waals surface area contributed by atoms with Gasteiger partial charge in [0.25, 0.3) is 6.47 Å². The molecule has 0 spiro atoms. The minimum Gasteiger partial charge on any atom is -0.468 e. The average Bonchev–Trinajstić information content (AvgIpc) is 3.78. The summed E-state index contributed by atoms with van der Waals surface area (Å²) in [6.07, 6.45) is 8.18. The number of carbonyl (C=O) groups is 1. The summed E-state index contributed by atoms with van der Waals surface area (Å²) in [4.78, 5) is 48.1. The van der Waals surface area contributed by atoms with Crippen LogP contribution in [0.4, 0.5) is 19.0 Å². The monoisotopic (exact) mass is 788 g/mol. The van der Waals surface area contributed by atoms with Crippen LogP contribution in [0, 0.1) is 11.6 Å². The summed E-state index contributed by atoms with van der Waals surface area (Å²) in [6.45, 7) is 5.87. The van der Waals surface area contributed by atoms with Crippen molar-refractivity contribution >= 4 is 42.6 Å². The van der Waals surface area contributed by atoms with E-state index < -0.39 is 27.0 Å². The van der Waals surface area contributed by atoms with Gasteiger partial charge in [0.05, 0.1) is 24.7 Å². The Morgan fingerprint density at radius 2 is 1.80 bits per heavy atom. The van der Waals surface area contributed by atoms with Gasteiger partial charge in [-0.3, -0.25) is 23.6 Å². The lowest BCUT2D eigenvalue weighted by Crippen LogP contribution is -2.54. The summed E-state index contributed by atoms with van der Waals surface area (Å²) in [7, 11) is -0.241. The number of aryl methyl sites for hydroxylation is 1. The summed E-state index contributed by atoms with van der Waals surface area (Å²) >= 11 is 0. The first-order chi connectivity index (χ1) is 26.6. The zero-order valence-corrected chi connectivity index (χ0v) is 32.2. The number of hydrogen-bond donors (Lipinski definition) is 3. The number of alkyl halides is 1. The molecule has 3 N–H and O–H groups in total. The molecule has 4 aromatic rings. The second kappa shape index (κ2) is 17.9. The number of nitrogens with zero attached hydrogens (tertiary/aromatic N) is 5. The molecule has 0 bridgehead atoms. The van der Waals surface area contributed by atoms with Crippen LogP contribution in [0.5, 0.6) is 11.8 Å². The number of carbonyl (C=O) groups excluding carboxylic acids is 1. The highest BCUT2D eigenvalue weighted by molar-refractivity contribution is 7.39. The summed E-state index contributed by atoms with van der Waals surface area (Å²) < 4.78 is 64.2. The Bertz CT molecular complexity index is 1970. The zero-order chi connectivity index (χ0) is 39.2. The first kappa shape index (κ1) is 40.7. The molecule has 3 saturated heterocycles. The minimum atomic E-state index is -2.68.